The van der Waals surface area contributed by atoms with E-state index in [2.05, 4.69) is 12.2 Å². The second-order valence-electron chi connectivity index (χ2n) is 6.76. The third-order valence-electron chi connectivity index (χ3n) is 4.67. The summed E-state index contributed by atoms with van der Waals surface area (Å²) >= 11 is 0. The molecule has 1 aliphatic heterocycles. The van der Waals surface area contributed by atoms with Gasteiger partial charge in [0.25, 0.3) is 5.91 Å². The fourth-order valence-electron chi connectivity index (χ4n) is 3.17. The molecule has 146 valence electrons. The van der Waals surface area contributed by atoms with E-state index < -0.39 is 10.0 Å². The first kappa shape index (κ1) is 20.7. The lowest BCUT2D eigenvalue weighted by Gasteiger charge is -2.31. The number of ether oxygens (including phenoxy) is 1. The maximum Gasteiger partial charge on any atom is 0.275 e. The van der Waals surface area contributed by atoms with Crippen LogP contribution >= 0.6 is 0 Å². The van der Waals surface area contributed by atoms with Crippen molar-refractivity contribution in [2.45, 2.75) is 37.6 Å². The van der Waals surface area contributed by atoms with Gasteiger partial charge < -0.3 is 15.0 Å². The minimum absolute atomic E-state index is 0.0346. The van der Waals surface area contributed by atoms with Crippen molar-refractivity contribution in [2.24, 2.45) is 0 Å². The summed E-state index contributed by atoms with van der Waals surface area (Å²) in [6.45, 7) is 6.59. The number of hydrogen-bond acceptors (Lipinski definition) is 4. The Morgan fingerprint density at radius 3 is 2.42 bits per heavy atom. The van der Waals surface area contributed by atoms with Gasteiger partial charge in [-0.3, -0.25) is 4.79 Å². The van der Waals surface area contributed by atoms with Crippen LogP contribution in [0.1, 0.15) is 26.7 Å². The first-order valence-corrected chi connectivity index (χ1v) is 10.6. The monoisotopic (exact) mass is 384 g/mol. The van der Waals surface area contributed by atoms with Crippen molar-refractivity contribution in [1.82, 2.24) is 9.62 Å². The van der Waals surface area contributed by atoms with Gasteiger partial charge in [-0.05, 0) is 37.6 Å². The summed E-state index contributed by atoms with van der Waals surface area (Å²) in [5.74, 6) is 0.661. The number of amides is 1. The molecule has 1 amide bonds. The normalized spacial score (nSPS) is 17.7. The van der Waals surface area contributed by atoms with Crippen LogP contribution in [0.4, 0.5) is 0 Å². The molecule has 0 radical (unpaired) electrons. The van der Waals surface area contributed by atoms with Gasteiger partial charge in [-0.2, -0.15) is 4.31 Å². The third-order valence-corrected chi connectivity index (χ3v) is 6.58. The third kappa shape index (κ3) is 5.43. The van der Waals surface area contributed by atoms with E-state index in [1.807, 2.05) is 6.92 Å². The van der Waals surface area contributed by atoms with E-state index in [4.69, 9.17) is 4.74 Å². The molecule has 2 N–H and O–H groups in total. The second kappa shape index (κ2) is 9.34. The lowest BCUT2D eigenvalue weighted by Crippen LogP contribution is -3.15. The first-order valence-electron chi connectivity index (χ1n) is 9.14. The molecule has 0 spiro atoms. The Labute approximate surface area is 156 Å². The molecule has 0 aliphatic carbocycles. The van der Waals surface area contributed by atoms with Gasteiger partial charge in [0.2, 0.25) is 10.0 Å². The van der Waals surface area contributed by atoms with E-state index in [-0.39, 0.29) is 16.8 Å². The molecule has 2 rings (SSSR count). The molecular weight excluding hydrogens is 354 g/mol. The number of sulfonamides is 1. The molecule has 0 bridgehead atoms. The number of quaternary nitrogens is 1. The van der Waals surface area contributed by atoms with Gasteiger partial charge in [0, 0.05) is 6.04 Å². The Balaban J connectivity index is 1.87. The highest BCUT2D eigenvalue weighted by Crippen LogP contribution is 2.19. The van der Waals surface area contributed by atoms with Crippen LogP contribution in [0.5, 0.6) is 5.75 Å². The summed E-state index contributed by atoms with van der Waals surface area (Å²) < 4.78 is 32.0. The molecule has 0 saturated carbocycles. The predicted octanol–water partition coefficient (Wildman–Crippen LogP) is -0.111. The zero-order valence-corrected chi connectivity index (χ0v) is 16.6. The smallest absolute Gasteiger partial charge is 0.275 e. The van der Waals surface area contributed by atoms with Crippen LogP contribution in [0.25, 0.3) is 0 Å². The standard InChI is InChI=1S/C18H29N3O4S/c1-4-5-15(2)19-18(22)14-20-10-12-21(13-11-20)26(23,24)17-8-6-16(25-3)7-9-17/h6-9,15H,4-5,10-14H2,1-3H3,(H,19,22)/p+1/t15-/m1/s1. The molecule has 0 aromatic heterocycles. The van der Waals surface area contributed by atoms with Crippen LogP contribution in [0.2, 0.25) is 0 Å². The Bertz CT molecular complexity index is 683. The molecule has 0 unspecified atom stereocenters. The minimum Gasteiger partial charge on any atom is -0.497 e. The molecule has 1 heterocycles. The van der Waals surface area contributed by atoms with Crippen LogP contribution in [0, 0.1) is 0 Å². The highest BCUT2D eigenvalue weighted by atomic mass is 32.2. The summed E-state index contributed by atoms with van der Waals surface area (Å²) in [6.07, 6.45) is 2.01. The van der Waals surface area contributed by atoms with E-state index in [1.54, 1.807) is 31.4 Å². The summed E-state index contributed by atoms with van der Waals surface area (Å²) in [4.78, 5) is 13.5. The molecule has 1 saturated heterocycles. The largest absolute Gasteiger partial charge is 0.497 e. The van der Waals surface area contributed by atoms with Crippen molar-refractivity contribution in [2.75, 3.05) is 39.8 Å². The molecule has 1 aliphatic rings. The number of piperazine rings is 1. The van der Waals surface area contributed by atoms with E-state index in [0.717, 1.165) is 17.7 Å². The predicted molar refractivity (Wildman–Crippen MR) is 99.8 cm³/mol. The van der Waals surface area contributed by atoms with Gasteiger partial charge in [0.05, 0.1) is 38.2 Å². The molecule has 1 atom stereocenters. The van der Waals surface area contributed by atoms with E-state index in [1.165, 1.54) is 4.31 Å². The average Bonchev–Trinajstić information content (AvgIpc) is 2.62. The van der Waals surface area contributed by atoms with Gasteiger partial charge >= 0.3 is 0 Å². The second-order valence-corrected chi connectivity index (χ2v) is 8.70. The molecule has 7 nitrogen and oxygen atoms in total. The summed E-state index contributed by atoms with van der Waals surface area (Å²) in [7, 11) is -1.96. The number of carbonyl (C=O) groups is 1. The number of nitrogens with one attached hydrogen (secondary N) is 2. The van der Waals surface area contributed by atoms with Crippen LogP contribution < -0.4 is 15.0 Å². The minimum atomic E-state index is -3.50. The Morgan fingerprint density at radius 1 is 1.27 bits per heavy atom. The van der Waals surface area contributed by atoms with Crippen LogP contribution in [0.3, 0.4) is 0 Å². The number of benzene rings is 1. The highest BCUT2D eigenvalue weighted by molar-refractivity contribution is 7.89. The van der Waals surface area contributed by atoms with Gasteiger partial charge in [-0.1, -0.05) is 13.3 Å². The molecule has 1 aromatic carbocycles. The zero-order chi connectivity index (χ0) is 19.2. The Morgan fingerprint density at radius 2 is 1.88 bits per heavy atom. The lowest BCUT2D eigenvalue weighted by atomic mass is 10.2. The van der Waals surface area contributed by atoms with Gasteiger partial charge in [-0.25, -0.2) is 8.42 Å². The van der Waals surface area contributed by atoms with Gasteiger partial charge in [0.15, 0.2) is 6.54 Å². The fraction of sp³-hybridized carbons (Fsp3) is 0.611. The van der Waals surface area contributed by atoms with E-state index in [0.29, 0.717) is 38.5 Å². The van der Waals surface area contributed by atoms with E-state index >= 15 is 0 Å². The Hall–Kier alpha value is -1.64. The van der Waals surface area contributed by atoms with Crippen molar-refractivity contribution in [1.29, 1.82) is 0 Å². The van der Waals surface area contributed by atoms with Crippen molar-refractivity contribution < 1.29 is 22.8 Å². The maximum absolute atomic E-state index is 12.7. The lowest BCUT2D eigenvalue weighted by molar-refractivity contribution is -0.895. The zero-order valence-electron chi connectivity index (χ0n) is 15.8. The van der Waals surface area contributed by atoms with Crippen LogP contribution in [-0.2, 0) is 14.8 Å². The molecule has 1 fully saturated rings. The fourth-order valence-corrected chi connectivity index (χ4v) is 4.62. The summed E-state index contributed by atoms with van der Waals surface area (Å²) in [5, 5.41) is 3.00. The van der Waals surface area contributed by atoms with E-state index in [9.17, 15) is 13.2 Å². The topological polar surface area (TPSA) is 80.2 Å². The van der Waals surface area contributed by atoms with Crippen molar-refractivity contribution >= 4 is 15.9 Å². The summed E-state index contributed by atoms with van der Waals surface area (Å²) in [6, 6.07) is 6.61. The van der Waals surface area contributed by atoms with Crippen molar-refractivity contribution in [3.63, 3.8) is 0 Å². The first-order chi connectivity index (χ1) is 12.4. The Kier molecular flexibility index (Phi) is 7.43. The molecular formula is C18H30N3O4S+. The number of rotatable bonds is 8. The number of hydrogen-bond donors (Lipinski definition) is 2. The van der Waals surface area contributed by atoms with Crippen molar-refractivity contribution in [3.8, 4) is 5.75 Å². The van der Waals surface area contributed by atoms with Crippen LogP contribution in [-0.4, -0.2) is 64.5 Å². The van der Waals surface area contributed by atoms with Gasteiger partial charge in [-0.15, -0.1) is 0 Å². The number of nitrogens with zero attached hydrogens (tertiary/aromatic N) is 1. The molecule has 26 heavy (non-hydrogen) atoms. The number of methoxy groups -OCH3 is 1. The average molecular weight is 385 g/mol. The quantitative estimate of drug-likeness (QED) is 0.655. The van der Waals surface area contributed by atoms with Gasteiger partial charge in [0.1, 0.15) is 5.75 Å². The number of carbonyl (C=O) groups excluding carboxylic acids is 1. The maximum atomic E-state index is 12.7. The molecule has 1 aromatic rings. The molecule has 8 heteroatoms. The van der Waals surface area contributed by atoms with Crippen LogP contribution in [0.15, 0.2) is 29.2 Å². The van der Waals surface area contributed by atoms with Crippen molar-refractivity contribution in [3.05, 3.63) is 24.3 Å². The summed E-state index contributed by atoms with van der Waals surface area (Å²) in [5.41, 5.74) is 0. The SMILES string of the molecule is CCC[C@@H](C)NC(=O)C[NH+]1CCN(S(=O)(=O)c2ccc(OC)cc2)CC1. The highest BCUT2D eigenvalue weighted by Gasteiger charge is 2.31.